The molecule has 2 unspecified atom stereocenters. The highest BCUT2D eigenvalue weighted by molar-refractivity contribution is 5.91. The molecule has 118 valence electrons. The van der Waals surface area contributed by atoms with E-state index in [2.05, 4.69) is 6.07 Å². The zero-order valence-corrected chi connectivity index (χ0v) is 12.6. The second-order valence-corrected chi connectivity index (χ2v) is 5.31. The number of nitrogens with zero attached hydrogens (tertiary/aromatic N) is 1. The van der Waals surface area contributed by atoms with E-state index in [1.54, 1.807) is 31.2 Å². The van der Waals surface area contributed by atoms with E-state index in [-0.39, 0.29) is 37.5 Å². The zero-order chi connectivity index (χ0) is 16.4. The molecule has 0 fully saturated rings. The molecule has 0 N–H and O–H groups in total. The van der Waals surface area contributed by atoms with E-state index >= 15 is 0 Å². The predicted molar refractivity (Wildman–Crippen MR) is 78.0 cm³/mol. The predicted octanol–water partition coefficient (Wildman–Crippen LogP) is 1.66. The average Bonchev–Trinajstić information content (AvgIpc) is 2.96. The van der Waals surface area contributed by atoms with Crippen molar-refractivity contribution >= 4 is 11.9 Å². The Kier molecular flexibility index (Phi) is 4.02. The van der Waals surface area contributed by atoms with Crippen LogP contribution in [-0.4, -0.2) is 31.8 Å². The van der Waals surface area contributed by atoms with E-state index in [1.807, 2.05) is 0 Å². The molecule has 0 radical (unpaired) electrons. The molecule has 6 nitrogen and oxygen atoms in total. The Bertz CT molecular complexity index is 713. The third-order valence-electron chi connectivity index (χ3n) is 4.01. The Hall–Kier alpha value is -2.81. The maximum absolute atomic E-state index is 12.3. The maximum atomic E-state index is 12.3. The fraction of sp³-hybridized carbons (Fsp3) is 0.353. The number of esters is 2. The molecule has 0 saturated heterocycles. The monoisotopic (exact) mass is 313 g/mol. The zero-order valence-electron chi connectivity index (χ0n) is 12.6. The van der Waals surface area contributed by atoms with Gasteiger partial charge in [-0.2, -0.15) is 5.26 Å². The van der Waals surface area contributed by atoms with Crippen LogP contribution in [0.2, 0.25) is 0 Å². The molecule has 3 rings (SSSR count). The Morgan fingerprint density at radius 3 is 2.74 bits per heavy atom. The summed E-state index contributed by atoms with van der Waals surface area (Å²) >= 11 is 0. The van der Waals surface area contributed by atoms with Gasteiger partial charge in [0.05, 0.1) is 18.2 Å². The molecule has 0 aliphatic carbocycles. The Labute approximate surface area is 133 Å². The number of benzene rings is 1. The van der Waals surface area contributed by atoms with Gasteiger partial charge < -0.3 is 14.2 Å². The summed E-state index contributed by atoms with van der Waals surface area (Å²) in [5.41, 5.74) is 2.02. The Morgan fingerprint density at radius 2 is 2.09 bits per heavy atom. The van der Waals surface area contributed by atoms with Crippen molar-refractivity contribution in [3.63, 3.8) is 0 Å². The van der Waals surface area contributed by atoms with Gasteiger partial charge in [0.2, 0.25) is 5.76 Å². The summed E-state index contributed by atoms with van der Waals surface area (Å²) in [5.74, 6) is -1.57. The van der Waals surface area contributed by atoms with Gasteiger partial charge in [-0.3, -0.25) is 4.79 Å². The Balaban J connectivity index is 2.02. The lowest BCUT2D eigenvalue weighted by molar-refractivity contribution is -0.152. The molecule has 1 aromatic carbocycles. The van der Waals surface area contributed by atoms with Gasteiger partial charge in [0.25, 0.3) is 0 Å². The number of rotatable bonds is 3. The molecule has 1 aromatic rings. The minimum atomic E-state index is -0.545. The average molecular weight is 313 g/mol. The number of hydrogen-bond donors (Lipinski definition) is 0. The van der Waals surface area contributed by atoms with E-state index in [4.69, 9.17) is 19.5 Å². The molecular weight excluding hydrogens is 298 g/mol. The lowest BCUT2D eigenvalue weighted by Crippen LogP contribution is -2.34. The molecule has 2 heterocycles. The summed E-state index contributed by atoms with van der Waals surface area (Å²) in [4.78, 5) is 24.0. The second-order valence-electron chi connectivity index (χ2n) is 5.31. The molecule has 2 atom stereocenters. The smallest absolute Gasteiger partial charge is 0.374 e. The first kappa shape index (κ1) is 15.1. The van der Waals surface area contributed by atoms with Gasteiger partial charge in [-0.1, -0.05) is 12.1 Å². The molecule has 6 heteroatoms. The van der Waals surface area contributed by atoms with Crippen LogP contribution in [-0.2, 0) is 23.8 Å². The molecule has 0 bridgehead atoms. The normalized spacial score (nSPS) is 22.7. The molecule has 0 saturated carbocycles. The van der Waals surface area contributed by atoms with Crippen LogP contribution in [0.25, 0.3) is 0 Å². The number of ether oxygens (including phenoxy) is 3. The highest BCUT2D eigenvalue weighted by Crippen LogP contribution is 2.41. The molecule has 0 aromatic heterocycles. The third kappa shape index (κ3) is 2.66. The summed E-state index contributed by atoms with van der Waals surface area (Å²) in [6.45, 7) is 2.19. The van der Waals surface area contributed by atoms with Crippen molar-refractivity contribution in [2.24, 2.45) is 5.92 Å². The standard InChI is InChI=1S/C17H15NO5/c1-2-21-16(19)13-9-22-15-12(8-23-17(15)20)14(13)11-5-3-10(7-18)4-6-11/h3-6,13-14H,2,8-9H2,1H3. The third-order valence-corrected chi connectivity index (χ3v) is 4.01. The van der Waals surface area contributed by atoms with Crippen LogP contribution in [0.3, 0.4) is 0 Å². The molecule has 0 spiro atoms. The minimum absolute atomic E-state index is 0.0669. The topological polar surface area (TPSA) is 85.6 Å². The summed E-state index contributed by atoms with van der Waals surface area (Å²) in [6.07, 6.45) is 0. The first-order valence-corrected chi connectivity index (χ1v) is 7.35. The van der Waals surface area contributed by atoms with Crippen molar-refractivity contribution in [2.75, 3.05) is 19.8 Å². The van der Waals surface area contributed by atoms with E-state index in [1.165, 1.54) is 0 Å². The van der Waals surface area contributed by atoms with Crippen LogP contribution in [0.1, 0.15) is 24.0 Å². The van der Waals surface area contributed by atoms with Gasteiger partial charge in [0.15, 0.2) is 0 Å². The quantitative estimate of drug-likeness (QED) is 0.789. The summed E-state index contributed by atoms with van der Waals surface area (Å²) in [5, 5.41) is 8.92. The lowest BCUT2D eigenvalue weighted by atomic mass is 9.79. The Morgan fingerprint density at radius 1 is 1.35 bits per heavy atom. The van der Waals surface area contributed by atoms with Crippen LogP contribution >= 0.6 is 0 Å². The molecule has 2 aliphatic heterocycles. The minimum Gasteiger partial charge on any atom is -0.486 e. The van der Waals surface area contributed by atoms with Crippen molar-refractivity contribution in [1.82, 2.24) is 0 Å². The number of carbonyl (C=O) groups is 2. The molecular formula is C17H15NO5. The molecule has 2 aliphatic rings. The maximum Gasteiger partial charge on any atom is 0.374 e. The van der Waals surface area contributed by atoms with Crippen molar-refractivity contribution in [3.05, 3.63) is 46.7 Å². The summed E-state index contributed by atoms with van der Waals surface area (Å²) in [7, 11) is 0. The van der Waals surface area contributed by atoms with E-state index in [9.17, 15) is 9.59 Å². The highest BCUT2D eigenvalue weighted by Gasteiger charge is 2.44. The van der Waals surface area contributed by atoms with Gasteiger partial charge in [-0.25, -0.2) is 4.79 Å². The van der Waals surface area contributed by atoms with Crippen LogP contribution in [0.5, 0.6) is 0 Å². The van der Waals surface area contributed by atoms with Crippen molar-refractivity contribution in [1.29, 1.82) is 5.26 Å². The van der Waals surface area contributed by atoms with Crippen molar-refractivity contribution in [2.45, 2.75) is 12.8 Å². The van der Waals surface area contributed by atoms with Gasteiger partial charge in [0.1, 0.15) is 19.1 Å². The molecule has 0 amide bonds. The van der Waals surface area contributed by atoms with Crippen LogP contribution in [0.4, 0.5) is 0 Å². The largest absolute Gasteiger partial charge is 0.486 e. The van der Waals surface area contributed by atoms with Gasteiger partial charge in [-0.15, -0.1) is 0 Å². The summed E-state index contributed by atoms with van der Waals surface area (Å²) in [6, 6.07) is 9.00. The highest BCUT2D eigenvalue weighted by atomic mass is 16.6. The fourth-order valence-electron chi connectivity index (χ4n) is 2.95. The van der Waals surface area contributed by atoms with Crippen LogP contribution < -0.4 is 0 Å². The SMILES string of the molecule is CCOC(=O)C1COC2=C(COC2=O)C1c1ccc(C#N)cc1. The van der Waals surface area contributed by atoms with Crippen LogP contribution in [0.15, 0.2) is 35.6 Å². The van der Waals surface area contributed by atoms with Crippen molar-refractivity contribution in [3.8, 4) is 6.07 Å². The number of cyclic esters (lactones) is 1. The second kappa shape index (κ2) is 6.13. The first-order valence-electron chi connectivity index (χ1n) is 7.35. The van der Waals surface area contributed by atoms with E-state index < -0.39 is 11.9 Å². The number of hydrogen-bond acceptors (Lipinski definition) is 6. The summed E-state index contributed by atoms with van der Waals surface area (Å²) < 4.78 is 15.6. The first-order chi connectivity index (χ1) is 11.2. The molecule has 23 heavy (non-hydrogen) atoms. The van der Waals surface area contributed by atoms with Gasteiger partial charge in [0, 0.05) is 11.5 Å². The van der Waals surface area contributed by atoms with Crippen molar-refractivity contribution < 1.29 is 23.8 Å². The van der Waals surface area contributed by atoms with E-state index in [0.717, 1.165) is 5.56 Å². The fourth-order valence-corrected chi connectivity index (χ4v) is 2.95. The number of nitriles is 1. The van der Waals surface area contributed by atoms with Crippen LogP contribution in [0, 0.1) is 17.2 Å². The van der Waals surface area contributed by atoms with E-state index in [0.29, 0.717) is 11.1 Å². The van der Waals surface area contributed by atoms with Gasteiger partial charge in [-0.05, 0) is 24.6 Å². The van der Waals surface area contributed by atoms with Gasteiger partial charge >= 0.3 is 11.9 Å². The lowest BCUT2D eigenvalue weighted by Gasteiger charge is -2.30. The number of carbonyl (C=O) groups excluding carboxylic acids is 2.